The molecule has 0 aliphatic carbocycles. The molecule has 0 saturated carbocycles. The molecule has 1 heterocycles. The zero-order chi connectivity index (χ0) is 17.8. The average molecular weight is 359 g/mol. The Hall–Kier alpha value is -2.60. The predicted molar refractivity (Wildman–Crippen MR) is 97.2 cm³/mol. The van der Waals surface area contributed by atoms with Crippen molar-refractivity contribution in [2.75, 3.05) is 27.3 Å². The van der Waals surface area contributed by atoms with E-state index in [0.717, 1.165) is 10.4 Å². The van der Waals surface area contributed by atoms with Gasteiger partial charge in [0, 0.05) is 17.1 Å². The zero-order valence-corrected chi connectivity index (χ0v) is 14.8. The second-order valence-electron chi connectivity index (χ2n) is 5.51. The van der Waals surface area contributed by atoms with E-state index in [-0.39, 0.29) is 11.7 Å². The first kappa shape index (κ1) is 17.2. The van der Waals surface area contributed by atoms with Gasteiger partial charge < -0.3 is 14.4 Å². The molecule has 0 aliphatic rings. The summed E-state index contributed by atoms with van der Waals surface area (Å²) in [4.78, 5) is 14.6. The normalized spacial score (nSPS) is 10.7. The lowest BCUT2D eigenvalue weighted by Crippen LogP contribution is -2.30. The molecule has 0 bridgehead atoms. The Morgan fingerprint density at radius 3 is 2.56 bits per heavy atom. The van der Waals surface area contributed by atoms with Gasteiger partial charge in [0.15, 0.2) is 0 Å². The number of halogens is 1. The Balaban J connectivity index is 1.58. The summed E-state index contributed by atoms with van der Waals surface area (Å²) in [6, 6.07) is 13.7. The van der Waals surface area contributed by atoms with Crippen LogP contribution < -0.4 is 9.47 Å². The number of rotatable bonds is 6. The number of benzene rings is 2. The van der Waals surface area contributed by atoms with Crippen molar-refractivity contribution < 1.29 is 18.7 Å². The molecule has 130 valence electrons. The van der Waals surface area contributed by atoms with E-state index in [1.54, 1.807) is 31.2 Å². The summed E-state index contributed by atoms with van der Waals surface area (Å²) < 4.78 is 25.3. The van der Waals surface area contributed by atoms with E-state index in [4.69, 9.17) is 9.47 Å². The van der Waals surface area contributed by atoms with E-state index in [2.05, 4.69) is 0 Å². The molecule has 0 N–H and O–H groups in total. The zero-order valence-electron chi connectivity index (χ0n) is 14.0. The first-order chi connectivity index (χ1) is 12.1. The molecule has 3 aromatic rings. The standard InChI is InChI=1S/C19H18FNO3S/c1-21(10-11-24-14-8-6-13(23-2)7-9-14)19(22)18-12-15-16(20)4-3-5-17(15)25-18/h3-9,12H,10-11H2,1-2H3. The maximum absolute atomic E-state index is 13.8. The summed E-state index contributed by atoms with van der Waals surface area (Å²) >= 11 is 1.30. The van der Waals surface area contributed by atoms with E-state index in [9.17, 15) is 9.18 Å². The predicted octanol–water partition coefficient (Wildman–Crippen LogP) is 4.20. The van der Waals surface area contributed by atoms with Crippen molar-refractivity contribution in [3.63, 3.8) is 0 Å². The smallest absolute Gasteiger partial charge is 0.263 e. The molecule has 25 heavy (non-hydrogen) atoms. The molecular weight excluding hydrogens is 341 g/mol. The van der Waals surface area contributed by atoms with Crippen LogP contribution in [-0.2, 0) is 0 Å². The highest BCUT2D eigenvalue weighted by Gasteiger charge is 2.16. The highest BCUT2D eigenvalue weighted by atomic mass is 32.1. The number of methoxy groups -OCH3 is 1. The Morgan fingerprint density at radius 1 is 1.16 bits per heavy atom. The maximum atomic E-state index is 13.8. The van der Waals surface area contributed by atoms with Crippen molar-refractivity contribution in [1.82, 2.24) is 4.90 Å². The Bertz CT molecular complexity index is 876. The van der Waals surface area contributed by atoms with E-state index in [1.807, 2.05) is 30.3 Å². The number of fused-ring (bicyclic) bond motifs is 1. The van der Waals surface area contributed by atoms with Crippen LogP contribution in [0, 0.1) is 5.82 Å². The number of hydrogen-bond acceptors (Lipinski definition) is 4. The van der Waals surface area contributed by atoms with Crippen molar-refractivity contribution in [3.05, 3.63) is 59.2 Å². The van der Waals surface area contributed by atoms with Crippen molar-refractivity contribution in [1.29, 1.82) is 0 Å². The monoisotopic (exact) mass is 359 g/mol. The van der Waals surface area contributed by atoms with Gasteiger partial charge in [0.1, 0.15) is 23.9 Å². The summed E-state index contributed by atoms with van der Waals surface area (Å²) in [7, 11) is 3.32. The highest BCUT2D eigenvalue weighted by molar-refractivity contribution is 7.20. The molecule has 1 amide bonds. The van der Waals surface area contributed by atoms with Crippen LogP contribution in [0.2, 0.25) is 0 Å². The molecule has 0 unspecified atom stereocenters. The first-order valence-electron chi connectivity index (χ1n) is 7.79. The van der Waals surface area contributed by atoms with Crippen molar-refractivity contribution in [2.24, 2.45) is 0 Å². The van der Waals surface area contributed by atoms with Gasteiger partial charge in [-0.25, -0.2) is 4.39 Å². The van der Waals surface area contributed by atoms with Gasteiger partial charge in [-0.05, 0) is 42.5 Å². The fourth-order valence-corrected chi connectivity index (χ4v) is 3.46. The van der Waals surface area contributed by atoms with Crippen LogP contribution in [0.1, 0.15) is 9.67 Å². The molecule has 4 nitrogen and oxygen atoms in total. The van der Waals surface area contributed by atoms with Crippen LogP contribution >= 0.6 is 11.3 Å². The third kappa shape index (κ3) is 3.91. The van der Waals surface area contributed by atoms with Gasteiger partial charge in [0.2, 0.25) is 0 Å². The quantitative estimate of drug-likeness (QED) is 0.662. The van der Waals surface area contributed by atoms with Crippen LogP contribution in [0.3, 0.4) is 0 Å². The van der Waals surface area contributed by atoms with Gasteiger partial charge in [-0.2, -0.15) is 0 Å². The number of likely N-dealkylation sites (N-methyl/N-ethyl adjacent to an activating group) is 1. The third-order valence-electron chi connectivity index (χ3n) is 3.82. The van der Waals surface area contributed by atoms with Crippen molar-refractivity contribution >= 4 is 27.3 Å². The molecule has 3 rings (SSSR count). The van der Waals surface area contributed by atoms with Crippen LogP contribution in [0.25, 0.3) is 10.1 Å². The van der Waals surface area contributed by atoms with Gasteiger partial charge in [-0.1, -0.05) is 6.07 Å². The fraction of sp³-hybridized carbons (Fsp3) is 0.211. The SMILES string of the molecule is COc1ccc(OCCN(C)C(=O)c2cc3c(F)cccc3s2)cc1. The molecule has 0 radical (unpaired) electrons. The molecule has 0 fully saturated rings. The second kappa shape index (κ2) is 7.53. The molecule has 0 spiro atoms. The molecule has 0 atom stereocenters. The molecular formula is C19H18FNO3S. The molecule has 0 aliphatic heterocycles. The topological polar surface area (TPSA) is 38.8 Å². The number of ether oxygens (including phenoxy) is 2. The maximum Gasteiger partial charge on any atom is 0.263 e. The van der Waals surface area contributed by atoms with Gasteiger partial charge in [0.05, 0.1) is 18.5 Å². The lowest BCUT2D eigenvalue weighted by molar-refractivity contribution is 0.0778. The van der Waals surface area contributed by atoms with Crippen LogP contribution in [0.15, 0.2) is 48.5 Å². The van der Waals surface area contributed by atoms with Gasteiger partial charge in [-0.15, -0.1) is 11.3 Å². The minimum absolute atomic E-state index is 0.140. The summed E-state index contributed by atoms with van der Waals surface area (Å²) in [6.45, 7) is 0.801. The Kier molecular flexibility index (Phi) is 5.19. The molecule has 6 heteroatoms. The minimum atomic E-state index is -0.307. The minimum Gasteiger partial charge on any atom is -0.497 e. The van der Waals surface area contributed by atoms with E-state index < -0.39 is 0 Å². The molecule has 2 aromatic carbocycles. The number of carbonyl (C=O) groups is 1. The van der Waals surface area contributed by atoms with Crippen LogP contribution in [-0.4, -0.2) is 38.1 Å². The van der Waals surface area contributed by atoms with Crippen molar-refractivity contribution in [2.45, 2.75) is 0 Å². The van der Waals surface area contributed by atoms with Crippen LogP contribution in [0.4, 0.5) is 4.39 Å². The third-order valence-corrected chi connectivity index (χ3v) is 4.91. The fourth-order valence-electron chi connectivity index (χ4n) is 2.39. The summed E-state index contributed by atoms with van der Waals surface area (Å²) in [5, 5.41) is 0.485. The largest absolute Gasteiger partial charge is 0.497 e. The van der Waals surface area contributed by atoms with E-state index in [0.29, 0.717) is 29.2 Å². The van der Waals surface area contributed by atoms with Gasteiger partial charge >= 0.3 is 0 Å². The van der Waals surface area contributed by atoms with Crippen LogP contribution in [0.5, 0.6) is 11.5 Å². The lowest BCUT2D eigenvalue weighted by atomic mass is 10.2. The van der Waals surface area contributed by atoms with E-state index in [1.165, 1.54) is 17.4 Å². The van der Waals surface area contributed by atoms with Crippen molar-refractivity contribution in [3.8, 4) is 11.5 Å². The highest BCUT2D eigenvalue weighted by Crippen LogP contribution is 2.28. The lowest BCUT2D eigenvalue weighted by Gasteiger charge is -2.16. The second-order valence-corrected chi connectivity index (χ2v) is 6.60. The van der Waals surface area contributed by atoms with Gasteiger partial charge in [0.25, 0.3) is 5.91 Å². The number of carbonyl (C=O) groups excluding carboxylic acids is 1. The Morgan fingerprint density at radius 2 is 1.88 bits per heavy atom. The number of hydrogen-bond donors (Lipinski definition) is 0. The summed E-state index contributed by atoms with van der Waals surface area (Å²) in [5.74, 6) is 1.03. The first-order valence-corrected chi connectivity index (χ1v) is 8.60. The average Bonchev–Trinajstić information content (AvgIpc) is 3.07. The molecule has 1 aromatic heterocycles. The molecule has 0 saturated heterocycles. The summed E-state index contributed by atoms with van der Waals surface area (Å²) in [6.07, 6.45) is 0. The summed E-state index contributed by atoms with van der Waals surface area (Å²) in [5.41, 5.74) is 0. The number of thiophene rings is 1. The number of amides is 1. The number of nitrogens with zero attached hydrogens (tertiary/aromatic N) is 1. The van der Waals surface area contributed by atoms with E-state index >= 15 is 0 Å². The van der Waals surface area contributed by atoms with Gasteiger partial charge in [-0.3, -0.25) is 4.79 Å². The Labute approximate surface area is 149 Å².